The van der Waals surface area contributed by atoms with Crippen LogP contribution in [0.15, 0.2) is 24.7 Å². The molecule has 0 bridgehead atoms. The van der Waals surface area contributed by atoms with Crippen molar-refractivity contribution in [2.24, 2.45) is 7.05 Å². The van der Waals surface area contributed by atoms with E-state index in [9.17, 15) is 18.0 Å². The average Bonchev–Trinajstić information content (AvgIpc) is 2.97. The van der Waals surface area contributed by atoms with Crippen LogP contribution in [0.2, 0.25) is 0 Å². The van der Waals surface area contributed by atoms with E-state index in [1.54, 1.807) is 7.05 Å². The van der Waals surface area contributed by atoms with E-state index in [2.05, 4.69) is 20.3 Å². The van der Waals surface area contributed by atoms with Gasteiger partial charge >= 0.3 is 6.18 Å². The van der Waals surface area contributed by atoms with Crippen molar-refractivity contribution in [3.63, 3.8) is 0 Å². The smallest absolute Gasteiger partial charge is 0.350 e. The van der Waals surface area contributed by atoms with E-state index >= 15 is 0 Å². The van der Waals surface area contributed by atoms with Crippen molar-refractivity contribution in [1.29, 1.82) is 0 Å². The van der Waals surface area contributed by atoms with Crippen LogP contribution in [0, 0.1) is 0 Å². The first-order valence-electron chi connectivity index (χ1n) is 5.81. The molecule has 0 saturated carbocycles. The van der Waals surface area contributed by atoms with E-state index in [4.69, 9.17) is 0 Å². The number of aromatic nitrogens is 4. The Bertz CT molecular complexity index is 619. The van der Waals surface area contributed by atoms with Gasteiger partial charge in [-0.05, 0) is 6.07 Å². The van der Waals surface area contributed by atoms with Crippen molar-refractivity contribution in [2.75, 3.05) is 11.9 Å². The summed E-state index contributed by atoms with van der Waals surface area (Å²) in [6, 6.07) is 1.53. The molecule has 1 N–H and O–H groups in total. The number of nitrogens with one attached hydrogen (secondary N) is 1. The quantitative estimate of drug-likeness (QED) is 0.906. The minimum absolute atomic E-state index is 0.344. The standard InChI is InChI=1S/C11H12F3N5O2/c1-18-9(2-3-15-18)10(20)17-8-4-16-19(5-8)7-21-6-11(12,13)14/h2-5H,6-7H2,1H3,(H,17,20). The molecule has 2 rings (SSSR count). The van der Waals surface area contributed by atoms with Crippen LogP contribution in [-0.2, 0) is 18.5 Å². The summed E-state index contributed by atoms with van der Waals surface area (Å²) in [6.45, 7) is -1.72. The molecule has 1 amide bonds. The van der Waals surface area contributed by atoms with Crippen molar-refractivity contribution < 1.29 is 22.7 Å². The van der Waals surface area contributed by atoms with E-state index in [0.29, 0.717) is 11.4 Å². The predicted octanol–water partition coefficient (Wildman–Crippen LogP) is 1.41. The largest absolute Gasteiger partial charge is 0.411 e. The predicted molar refractivity (Wildman–Crippen MR) is 65.4 cm³/mol. The number of aryl methyl sites for hydroxylation is 1. The Morgan fingerprint density at radius 2 is 2.19 bits per heavy atom. The number of carbonyl (C=O) groups is 1. The highest BCUT2D eigenvalue weighted by atomic mass is 19.4. The van der Waals surface area contributed by atoms with Crippen molar-refractivity contribution >= 4 is 11.6 Å². The lowest BCUT2D eigenvalue weighted by atomic mass is 10.4. The Morgan fingerprint density at radius 3 is 2.81 bits per heavy atom. The van der Waals surface area contributed by atoms with Gasteiger partial charge in [-0.1, -0.05) is 0 Å². The fourth-order valence-corrected chi connectivity index (χ4v) is 1.55. The second kappa shape index (κ2) is 5.95. The molecule has 0 radical (unpaired) electrons. The number of hydrogen-bond acceptors (Lipinski definition) is 4. The summed E-state index contributed by atoms with van der Waals surface area (Å²) in [5.41, 5.74) is 0.688. The highest BCUT2D eigenvalue weighted by Crippen LogP contribution is 2.15. The second-order valence-electron chi connectivity index (χ2n) is 4.16. The molecular formula is C11H12F3N5O2. The third-order valence-corrected chi connectivity index (χ3v) is 2.43. The van der Waals surface area contributed by atoms with Gasteiger partial charge in [-0.3, -0.25) is 9.48 Å². The molecule has 0 fully saturated rings. The lowest BCUT2D eigenvalue weighted by Gasteiger charge is -2.07. The number of nitrogens with zero attached hydrogens (tertiary/aromatic N) is 4. The van der Waals surface area contributed by atoms with E-state index in [0.717, 1.165) is 4.68 Å². The second-order valence-corrected chi connectivity index (χ2v) is 4.16. The summed E-state index contributed by atoms with van der Waals surface area (Å²) in [5.74, 6) is -0.397. The van der Waals surface area contributed by atoms with Crippen molar-refractivity contribution in [2.45, 2.75) is 12.9 Å². The van der Waals surface area contributed by atoms with E-state index in [1.807, 2.05) is 0 Å². The molecule has 114 valence electrons. The minimum Gasteiger partial charge on any atom is -0.350 e. The van der Waals surface area contributed by atoms with Gasteiger partial charge in [0.15, 0.2) is 0 Å². The van der Waals surface area contributed by atoms with Crippen LogP contribution in [0.4, 0.5) is 18.9 Å². The van der Waals surface area contributed by atoms with Crippen LogP contribution in [0.5, 0.6) is 0 Å². The van der Waals surface area contributed by atoms with E-state index < -0.39 is 18.7 Å². The van der Waals surface area contributed by atoms with Crippen molar-refractivity contribution in [3.8, 4) is 0 Å². The highest BCUT2D eigenvalue weighted by Gasteiger charge is 2.27. The Kier molecular flexibility index (Phi) is 4.26. The molecular weight excluding hydrogens is 291 g/mol. The maximum atomic E-state index is 11.9. The van der Waals surface area contributed by atoms with E-state index in [1.165, 1.54) is 29.3 Å². The Hall–Kier alpha value is -2.36. The first kappa shape index (κ1) is 15.0. The fourth-order valence-electron chi connectivity index (χ4n) is 1.55. The van der Waals surface area contributed by atoms with Crippen LogP contribution in [-0.4, -0.2) is 38.3 Å². The zero-order chi connectivity index (χ0) is 15.5. The molecule has 0 saturated heterocycles. The van der Waals surface area contributed by atoms with Gasteiger partial charge in [0.2, 0.25) is 0 Å². The maximum absolute atomic E-state index is 11.9. The SMILES string of the molecule is Cn1nccc1C(=O)Nc1cnn(COCC(F)(F)F)c1. The Morgan fingerprint density at radius 1 is 1.43 bits per heavy atom. The monoisotopic (exact) mass is 303 g/mol. The van der Waals surface area contributed by atoms with Gasteiger partial charge in [-0.2, -0.15) is 23.4 Å². The summed E-state index contributed by atoms with van der Waals surface area (Å²) >= 11 is 0. The normalized spacial score (nSPS) is 11.6. The number of hydrogen-bond donors (Lipinski definition) is 1. The molecule has 0 aliphatic rings. The van der Waals surface area contributed by atoms with Crippen LogP contribution in [0.1, 0.15) is 10.5 Å². The number of carbonyl (C=O) groups excluding carboxylic acids is 1. The van der Waals surface area contributed by atoms with Crippen molar-refractivity contribution in [1.82, 2.24) is 19.6 Å². The van der Waals surface area contributed by atoms with E-state index in [-0.39, 0.29) is 6.73 Å². The molecule has 2 aromatic heterocycles. The molecule has 21 heavy (non-hydrogen) atoms. The first-order valence-corrected chi connectivity index (χ1v) is 5.81. The van der Waals surface area contributed by atoms with Gasteiger partial charge in [0.05, 0.1) is 18.1 Å². The maximum Gasteiger partial charge on any atom is 0.411 e. The van der Waals surface area contributed by atoms with Gasteiger partial charge in [-0.25, -0.2) is 4.68 Å². The molecule has 0 aliphatic heterocycles. The van der Waals surface area contributed by atoms with Gasteiger partial charge in [0, 0.05) is 13.2 Å². The molecule has 2 aromatic rings. The summed E-state index contributed by atoms with van der Waals surface area (Å²) in [7, 11) is 1.61. The number of anilines is 1. The molecule has 10 heteroatoms. The van der Waals surface area contributed by atoms with Crippen LogP contribution in [0.25, 0.3) is 0 Å². The lowest BCUT2D eigenvalue weighted by molar-refractivity contribution is -0.182. The molecule has 0 atom stereocenters. The molecule has 0 aliphatic carbocycles. The third kappa shape index (κ3) is 4.31. The minimum atomic E-state index is -4.39. The van der Waals surface area contributed by atoms with Gasteiger partial charge in [-0.15, -0.1) is 0 Å². The van der Waals surface area contributed by atoms with Gasteiger partial charge in [0.1, 0.15) is 19.0 Å². The number of ether oxygens (including phenoxy) is 1. The number of alkyl halides is 3. The summed E-state index contributed by atoms with van der Waals surface area (Å²) in [5, 5.41) is 10.2. The number of halogens is 3. The summed E-state index contributed by atoms with van der Waals surface area (Å²) in [6.07, 6.45) is -0.233. The summed E-state index contributed by atoms with van der Waals surface area (Å²) in [4.78, 5) is 11.9. The summed E-state index contributed by atoms with van der Waals surface area (Å²) < 4.78 is 42.7. The molecule has 0 unspecified atom stereocenters. The van der Waals surface area contributed by atoms with Crippen LogP contribution < -0.4 is 5.32 Å². The Labute approximate surface area is 117 Å². The van der Waals surface area contributed by atoms with Crippen LogP contribution in [0.3, 0.4) is 0 Å². The lowest BCUT2D eigenvalue weighted by Crippen LogP contribution is -2.18. The average molecular weight is 303 g/mol. The van der Waals surface area contributed by atoms with Crippen molar-refractivity contribution in [3.05, 3.63) is 30.4 Å². The number of rotatable bonds is 5. The fraction of sp³-hybridized carbons (Fsp3) is 0.364. The molecule has 0 aromatic carbocycles. The van der Waals surface area contributed by atoms with Gasteiger partial charge in [0.25, 0.3) is 5.91 Å². The third-order valence-electron chi connectivity index (χ3n) is 2.43. The number of amides is 1. The van der Waals surface area contributed by atoms with Gasteiger partial charge < -0.3 is 10.1 Å². The Balaban J connectivity index is 1.89. The topological polar surface area (TPSA) is 74.0 Å². The molecule has 7 nitrogen and oxygen atoms in total. The molecule has 2 heterocycles. The highest BCUT2D eigenvalue weighted by molar-refractivity contribution is 6.02. The zero-order valence-electron chi connectivity index (χ0n) is 11.0. The first-order chi connectivity index (χ1) is 9.85. The zero-order valence-corrected chi connectivity index (χ0v) is 11.0. The molecule has 0 spiro atoms. The van der Waals surface area contributed by atoms with Crippen LogP contribution >= 0.6 is 0 Å².